The number of ether oxygens (including phenoxy) is 1. The number of rotatable bonds is 6. The van der Waals surface area contributed by atoms with Crippen LogP contribution in [0.4, 0.5) is 11.4 Å². The zero-order valence-electron chi connectivity index (χ0n) is 14.7. The Kier molecular flexibility index (Phi) is 5.22. The second kappa shape index (κ2) is 7.74. The molecule has 2 N–H and O–H groups in total. The number of methoxy groups -OCH3 is 1. The van der Waals surface area contributed by atoms with E-state index < -0.39 is 11.5 Å². The monoisotopic (exact) mass is 352 g/mol. The van der Waals surface area contributed by atoms with E-state index in [0.717, 1.165) is 11.8 Å². The maximum absolute atomic E-state index is 12.7. The van der Waals surface area contributed by atoms with E-state index in [1.807, 2.05) is 19.1 Å². The highest BCUT2D eigenvalue weighted by Crippen LogP contribution is 2.29. The third kappa shape index (κ3) is 3.39. The summed E-state index contributed by atoms with van der Waals surface area (Å²) in [5.74, 6) is -0.0113. The molecule has 0 aliphatic rings. The second-order valence-electron chi connectivity index (χ2n) is 5.72. The Balaban J connectivity index is 2.07. The van der Waals surface area contributed by atoms with Crippen LogP contribution >= 0.6 is 0 Å². The Morgan fingerprint density at radius 1 is 1.08 bits per heavy atom. The summed E-state index contributed by atoms with van der Waals surface area (Å²) < 4.78 is 10.6. The van der Waals surface area contributed by atoms with Crippen molar-refractivity contribution in [1.82, 2.24) is 0 Å². The van der Waals surface area contributed by atoms with Gasteiger partial charge < -0.3 is 19.8 Å². The number of benzene rings is 2. The summed E-state index contributed by atoms with van der Waals surface area (Å²) in [4.78, 5) is 25.2. The van der Waals surface area contributed by atoms with Crippen molar-refractivity contribution in [2.75, 3.05) is 24.3 Å². The fourth-order valence-corrected chi connectivity index (χ4v) is 2.71. The van der Waals surface area contributed by atoms with Gasteiger partial charge in [0.05, 0.1) is 18.4 Å². The molecule has 3 rings (SSSR count). The minimum Gasteiger partial charge on any atom is -0.496 e. The predicted octanol–water partition coefficient (Wildman–Crippen LogP) is 3.88. The number of amides is 1. The van der Waals surface area contributed by atoms with Crippen LogP contribution in [0, 0.1) is 0 Å². The van der Waals surface area contributed by atoms with Crippen LogP contribution in [0.25, 0.3) is 11.0 Å². The standard InChI is InChI=1S/C20H20N2O4/c1-3-12-21-17-13-8-4-7-11-16(13)26-20(24)18(17)22-19(23)14-9-5-6-10-15(14)25-2/h4-11,21H,3,12H2,1-2H3,(H,22,23). The van der Waals surface area contributed by atoms with Gasteiger partial charge in [0.15, 0.2) is 5.69 Å². The molecule has 6 nitrogen and oxygen atoms in total. The largest absolute Gasteiger partial charge is 0.496 e. The molecule has 0 aliphatic heterocycles. The molecule has 0 spiro atoms. The highest BCUT2D eigenvalue weighted by molar-refractivity contribution is 6.09. The van der Waals surface area contributed by atoms with E-state index in [1.165, 1.54) is 7.11 Å². The predicted molar refractivity (Wildman–Crippen MR) is 102 cm³/mol. The van der Waals surface area contributed by atoms with Gasteiger partial charge in [-0.25, -0.2) is 4.79 Å². The van der Waals surface area contributed by atoms with Crippen LogP contribution in [0.1, 0.15) is 23.7 Å². The van der Waals surface area contributed by atoms with Crippen molar-refractivity contribution in [3.63, 3.8) is 0 Å². The number of carbonyl (C=O) groups is 1. The number of para-hydroxylation sites is 2. The molecule has 0 saturated carbocycles. The molecular weight excluding hydrogens is 332 g/mol. The maximum atomic E-state index is 12.7. The Hall–Kier alpha value is -3.28. The van der Waals surface area contributed by atoms with Crippen LogP contribution in [0.5, 0.6) is 5.75 Å². The Morgan fingerprint density at radius 3 is 2.58 bits per heavy atom. The van der Waals surface area contributed by atoms with Gasteiger partial charge in [0.25, 0.3) is 5.91 Å². The normalized spacial score (nSPS) is 10.5. The first kappa shape index (κ1) is 17.5. The molecule has 6 heteroatoms. The molecule has 1 amide bonds. The first-order valence-corrected chi connectivity index (χ1v) is 8.39. The van der Waals surface area contributed by atoms with E-state index in [9.17, 15) is 9.59 Å². The molecule has 1 aromatic heterocycles. The van der Waals surface area contributed by atoms with E-state index in [0.29, 0.717) is 29.1 Å². The highest BCUT2D eigenvalue weighted by Gasteiger charge is 2.19. The molecule has 2 aromatic carbocycles. The summed E-state index contributed by atoms with van der Waals surface area (Å²) in [7, 11) is 1.49. The Labute approximate surface area is 150 Å². The van der Waals surface area contributed by atoms with Crippen molar-refractivity contribution in [1.29, 1.82) is 0 Å². The lowest BCUT2D eigenvalue weighted by Gasteiger charge is -2.14. The molecule has 3 aromatic rings. The average Bonchev–Trinajstić information content (AvgIpc) is 2.67. The molecule has 1 heterocycles. The Morgan fingerprint density at radius 2 is 1.81 bits per heavy atom. The van der Waals surface area contributed by atoms with Gasteiger partial charge in [0.2, 0.25) is 0 Å². The van der Waals surface area contributed by atoms with Crippen LogP contribution < -0.4 is 21.0 Å². The van der Waals surface area contributed by atoms with E-state index in [1.54, 1.807) is 36.4 Å². The minimum absolute atomic E-state index is 0.0908. The quantitative estimate of drug-likeness (QED) is 0.658. The highest BCUT2D eigenvalue weighted by atomic mass is 16.5. The van der Waals surface area contributed by atoms with Crippen LogP contribution in [0.2, 0.25) is 0 Å². The van der Waals surface area contributed by atoms with Crippen LogP contribution in [0.15, 0.2) is 57.7 Å². The fourth-order valence-electron chi connectivity index (χ4n) is 2.71. The molecule has 0 radical (unpaired) electrons. The smallest absolute Gasteiger partial charge is 0.362 e. The van der Waals surface area contributed by atoms with Crippen LogP contribution in [-0.2, 0) is 0 Å². The van der Waals surface area contributed by atoms with Crippen LogP contribution in [0.3, 0.4) is 0 Å². The number of hydrogen-bond acceptors (Lipinski definition) is 5. The van der Waals surface area contributed by atoms with Crippen molar-refractivity contribution in [3.8, 4) is 5.75 Å². The molecule has 0 unspecified atom stereocenters. The van der Waals surface area contributed by atoms with Gasteiger partial charge in [-0.15, -0.1) is 0 Å². The zero-order chi connectivity index (χ0) is 18.5. The lowest BCUT2D eigenvalue weighted by molar-refractivity contribution is 0.102. The lowest BCUT2D eigenvalue weighted by atomic mass is 10.1. The molecule has 0 aliphatic carbocycles. The number of anilines is 2. The van der Waals surface area contributed by atoms with Gasteiger partial charge in [-0.05, 0) is 30.7 Å². The maximum Gasteiger partial charge on any atom is 0.362 e. The lowest BCUT2D eigenvalue weighted by Crippen LogP contribution is -2.21. The van der Waals surface area contributed by atoms with Gasteiger partial charge in [-0.3, -0.25) is 4.79 Å². The number of hydrogen-bond donors (Lipinski definition) is 2. The first-order chi connectivity index (χ1) is 12.7. The van der Waals surface area contributed by atoms with Crippen molar-refractivity contribution < 1.29 is 13.9 Å². The molecule has 26 heavy (non-hydrogen) atoms. The number of carbonyl (C=O) groups excluding carboxylic acids is 1. The van der Waals surface area contributed by atoms with Crippen molar-refractivity contribution in [3.05, 3.63) is 64.5 Å². The molecule has 0 fully saturated rings. The summed E-state index contributed by atoms with van der Waals surface area (Å²) in [6.07, 6.45) is 0.869. The Bertz CT molecular complexity index is 995. The van der Waals surface area contributed by atoms with Gasteiger partial charge in [-0.2, -0.15) is 0 Å². The van der Waals surface area contributed by atoms with Crippen LogP contribution in [-0.4, -0.2) is 19.6 Å². The fraction of sp³-hybridized carbons (Fsp3) is 0.200. The second-order valence-corrected chi connectivity index (χ2v) is 5.72. The van der Waals surface area contributed by atoms with Gasteiger partial charge in [-0.1, -0.05) is 31.2 Å². The summed E-state index contributed by atoms with van der Waals surface area (Å²) in [6.45, 7) is 2.68. The molecule has 0 bridgehead atoms. The SMILES string of the molecule is CCCNc1c(NC(=O)c2ccccc2OC)c(=O)oc2ccccc12. The van der Waals surface area contributed by atoms with Gasteiger partial charge in [0.1, 0.15) is 11.3 Å². The van der Waals surface area contributed by atoms with Gasteiger partial charge in [0, 0.05) is 11.9 Å². The minimum atomic E-state index is -0.606. The van der Waals surface area contributed by atoms with Crippen molar-refractivity contribution in [2.45, 2.75) is 13.3 Å². The molecule has 0 atom stereocenters. The van der Waals surface area contributed by atoms with E-state index >= 15 is 0 Å². The topological polar surface area (TPSA) is 80.6 Å². The molecule has 0 saturated heterocycles. The zero-order valence-corrected chi connectivity index (χ0v) is 14.7. The molecule has 134 valence electrons. The third-order valence-electron chi connectivity index (χ3n) is 3.96. The summed E-state index contributed by atoms with van der Waals surface area (Å²) in [5, 5.41) is 6.64. The number of nitrogens with one attached hydrogen (secondary N) is 2. The third-order valence-corrected chi connectivity index (χ3v) is 3.96. The van der Waals surface area contributed by atoms with Crippen molar-refractivity contribution >= 4 is 28.3 Å². The average molecular weight is 352 g/mol. The first-order valence-electron chi connectivity index (χ1n) is 8.39. The van der Waals surface area contributed by atoms with Crippen molar-refractivity contribution in [2.24, 2.45) is 0 Å². The van der Waals surface area contributed by atoms with E-state index in [-0.39, 0.29) is 5.69 Å². The molecular formula is C20H20N2O4. The van der Waals surface area contributed by atoms with Gasteiger partial charge >= 0.3 is 5.63 Å². The van der Waals surface area contributed by atoms with E-state index in [4.69, 9.17) is 9.15 Å². The summed E-state index contributed by atoms with van der Waals surface area (Å²) in [6, 6.07) is 14.0. The van der Waals surface area contributed by atoms with E-state index in [2.05, 4.69) is 10.6 Å². The summed E-state index contributed by atoms with van der Waals surface area (Å²) >= 11 is 0. The summed E-state index contributed by atoms with van der Waals surface area (Å²) in [5.41, 5.74) is 0.843. The number of fused-ring (bicyclic) bond motifs is 1.